The number of aromatic hydroxyl groups is 1. The number of rotatable bonds is 17. The van der Waals surface area contributed by atoms with Gasteiger partial charge < -0.3 is 20.5 Å². The number of phenolic OH excluding ortho intramolecular Hbond substituents is 1. The van der Waals surface area contributed by atoms with Crippen molar-refractivity contribution < 1.29 is 19.4 Å². The summed E-state index contributed by atoms with van der Waals surface area (Å²) < 4.78 is 5.97. The van der Waals surface area contributed by atoms with E-state index >= 15 is 0 Å². The number of ether oxygens (including phenoxy) is 1. The lowest BCUT2D eigenvalue weighted by atomic mass is 10.0. The molecule has 0 aliphatic carbocycles. The van der Waals surface area contributed by atoms with Crippen LogP contribution in [-0.2, 0) is 11.3 Å². The van der Waals surface area contributed by atoms with Gasteiger partial charge in [0.05, 0.1) is 12.2 Å². The largest absolute Gasteiger partial charge is 0.506 e. The lowest BCUT2D eigenvalue weighted by Crippen LogP contribution is -2.24. The normalized spacial score (nSPS) is 10.9. The molecule has 2 amide bonds. The second-order valence-electron chi connectivity index (χ2n) is 9.90. The van der Waals surface area contributed by atoms with E-state index < -0.39 is 5.91 Å². The van der Waals surface area contributed by atoms with Crippen molar-refractivity contribution in [3.05, 3.63) is 65.7 Å². The lowest BCUT2D eigenvalue weighted by molar-refractivity contribution is -0.113. The number of alkyl halides is 1. The number of amides is 2. The van der Waals surface area contributed by atoms with Gasteiger partial charge in [0.2, 0.25) is 5.91 Å². The first-order valence-corrected chi connectivity index (χ1v) is 14.7. The molecule has 0 saturated carbocycles. The molecule has 0 aliphatic rings. The molecule has 0 saturated heterocycles. The summed E-state index contributed by atoms with van der Waals surface area (Å²) in [7, 11) is 0. The minimum Gasteiger partial charge on any atom is -0.506 e. The van der Waals surface area contributed by atoms with E-state index in [2.05, 4.69) is 17.6 Å². The summed E-state index contributed by atoms with van der Waals surface area (Å²) in [5, 5.41) is 17.7. The Kier molecular flexibility index (Phi) is 12.9. The van der Waals surface area contributed by atoms with Crippen LogP contribution in [0.1, 0.15) is 87.1 Å². The maximum absolute atomic E-state index is 12.9. The highest BCUT2D eigenvalue weighted by Gasteiger charge is 2.15. The second kappa shape index (κ2) is 16.7. The zero-order valence-electron chi connectivity index (χ0n) is 22.9. The zero-order chi connectivity index (χ0) is 27.9. The van der Waals surface area contributed by atoms with E-state index in [-0.39, 0.29) is 29.6 Å². The molecule has 0 bridgehead atoms. The molecule has 0 heterocycles. The molecule has 0 radical (unpaired) electrons. The van der Waals surface area contributed by atoms with Crippen molar-refractivity contribution in [2.45, 2.75) is 77.7 Å². The Balaban J connectivity index is 1.53. The van der Waals surface area contributed by atoms with Gasteiger partial charge in [0, 0.05) is 17.6 Å². The van der Waals surface area contributed by atoms with Crippen molar-refractivity contribution >= 4 is 39.9 Å². The molecule has 3 aromatic rings. The fraction of sp³-hybridized carbons (Fsp3) is 0.438. The molecule has 210 valence electrons. The fourth-order valence-electron chi connectivity index (χ4n) is 4.60. The van der Waals surface area contributed by atoms with Crippen molar-refractivity contribution in [3.63, 3.8) is 0 Å². The first kappa shape index (κ1) is 30.3. The van der Waals surface area contributed by atoms with Crippen molar-refractivity contribution in [3.8, 4) is 11.5 Å². The highest BCUT2D eigenvalue weighted by molar-refractivity contribution is 6.29. The molecule has 0 aliphatic heterocycles. The number of halogens is 1. The lowest BCUT2D eigenvalue weighted by Gasteiger charge is -2.15. The topological polar surface area (TPSA) is 87.7 Å². The van der Waals surface area contributed by atoms with Crippen molar-refractivity contribution in [2.75, 3.05) is 17.8 Å². The number of hydrogen-bond acceptors (Lipinski definition) is 4. The van der Waals surface area contributed by atoms with Crippen LogP contribution in [-0.4, -0.2) is 29.4 Å². The minimum absolute atomic E-state index is 0.0603. The smallest absolute Gasteiger partial charge is 0.255 e. The van der Waals surface area contributed by atoms with Gasteiger partial charge in [-0.25, -0.2) is 0 Å². The molecule has 0 unspecified atom stereocenters. The molecular formula is C32H41ClN2O4. The van der Waals surface area contributed by atoms with Crippen LogP contribution in [0.2, 0.25) is 0 Å². The summed E-state index contributed by atoms with van der Waals surface area (Å²) >= 11 is 5.68. The number of phenols is 1. The molecule has 7 heteroatoms. The summed E-state index contributed by atoms with van der Waals surface area (Å²) in [6.07, 6.45) is 12.6. The number of nitrogens with one attached hydrogen (secondary N) is 2. The number of carbonyl (C=O) groups is 2. The summed E-state index contributed by atoms with van der Waals surface area (Å²) in [6.45, 7) is 2.99. The molecule has 0 fully saturated rings. The molecule has 3 rings (SSSR count). The van der Waals surface area contributed by atoms with E-state index in [1.54, 1.807) is 30.3 Å². The van der Waals surface area contributed by atoms with Crippen LogP contribution in [0.5, 0.6) is 11.5 Å². The molecule has 39 heavy (non-hydrogen) atoms. The van der Waals surface area contributed by atoms with Gasteiger partial charge >= 0.3 is 0 Å². The standard InChI is InChI=1S/C32H41ClN2O4/c1-2-3-4-5-6-7-8-9-10-13-20-39-26-17-19-29(35-30(36)22-33)25(21-26)23-34-32(38)28-18-16-24-14-11-12-15-27(24)31(28)37/h11-12,14-19,21,37H,2-10,13,20,22-23H2,1H3,(H,34,38)(H,35,36). The van der Waals surface area contributed by atoms with Gasteiger partial charge in [0.1, 0.15) is 17.4 Å². The molecule has 6 nitrogen and oxygen atoms in total. The van der Waals surface area contributed by atoms with Crippen LogP contribution >= 0.6 is 11.6 Å². The van der Waals surface area contributed by atoms with E-state index in [4.69, 9.17) is 16.3 Å². The van der Waals surface area contributed by atoms with Crippen LogP contribution in [0, 0.1) is 0 Å². The highest BCUT2D eigenvalue weighted by atomic mass is 35.5. The fourth-order valence-corrected chi connectivity index (χ4v) is 4.67. The van der Waals surface area contributed by atoms with E-state index in [1.165, 1.54) is 51.4 Å². The Bertz CT molecular complexity index is 1210. The van der Waals surface area contributed by atoms with Crippen LogP contribution in [0.3, 0.4) is 0 Å². The van der Waals surface area contributed by atoms with Crippen molar-refractivity contribution in [2.24, 2.45) is 0 Å². The predicted octanol–water partition coefficient (Wildman–Crippen LogP) is 7.95. The van der Waals surface area contributed by atoms with Crippen molar-refractivity contribution in [1.82, 2.24) is 5.32 Å². The van der Waals surface area contributed by atoms with Crippen LogP contribution in [0.4, 0.5) is 5.69 Å². The van der Waals surface area contributed by atoms with E-state index in [0.29, 0.717) is 29.0 Å². The Hall–Kier alpha value is -3.25. The molecule has 0 aromatic heterocycles. The van der Waals surface area contributed by atoms with Gasteiger partial charge in [-0.15, -0.1) is 11.6 Å². The van der Waals surface area contributed by atoms with E-state index in [9.17, 15) is 14.7 Å². The van der Waals surface area contributed by atoms with Crippen molar-refractivity contribution in [1.29, 1.82) is 0 Å². The number of carbonyl (C=O) groups excluding carboxylic acids is 2. The number of hydrogen-bond donors (Lipinski definition) is 3. The first-order valence-electron chi connectivity index (χ1n) is 14.1. The van der Waals surface area contributed by atoms with Gasteiger partial charge in [-0.1, -0.05) is 95.0 Å². The molecule has 0 spiro atoms. The third-order valence-corrected chi connectivity index (χ3v) is 7.07. The quantitative estimate of drug-likeness (QED) is 0.117. The average Bonchev–Trinajstić information content (AvgIpc) is 2.95. The number of benzene rings is 3. The predicted molar refractivity (Wildman–Crippen MR) is 160 cm³/mol. The van der Waals surface area contributed by atoms with Crippen LogP contribution < -0.4 is 15.4 Å². The SMILES string of the molecule is CCCCCCCCCCCCOc1ccc(NC(=O)CCl)c(CNC(=O)c2ccc3ccccc3c2O)c1. The summed E-state index contributed by atoms with van der Waals surface area (Å²) in [5.74, 6) is -0.309. The van der Waals surface area contributed by atoms with Gasteiger partial charge in [-0.05, 0) is 41.6 Å². The highest BCUT2D eigenvalue weighted by Crippen LogP contribution is 2.29. The summed E-state index contributed by atoms with van der Waals surface area (Å²) in [5.41, 5.74) is 1.42. The van der Waals surface area contributed by atoms with Gasteiger partial charge in [-0.3, -0.25) is 9.59 Å². The average molecular weight is 553 g/mol. The van der Waals surface area contributed by atoms with Gasteiger partial charge in [-0.2, -0.15) is 0 Å². The van der Waals surface area contributed by atoms with Gasteiger partial charge in [0.15, 0.2) is 0 Å². The van der Waals surface area contributed by atoms with Crippen LogP contribution in [0.15, 0.2) is 54.6 Å². The van der Waals surface area contributed by atoms with E-state index in [0.717, 1.165) is 18.2 Å². The maximum atomic E-state index is 12.9. The Morgan fingerprint density at radius 1 is 0.872 bits per heavy atom. The zero-order valence-corrected chi connectivity index (χ0v) is 23.7. The first-order chi connectivity index (χ1) is 19.0. The second-order valence-corrected chi connectivity index (χ2v) is 10.2. The Labute approximate surface area is 237 Å². The monoisotopic (exact) mass is 552 g/mol. The molecule has 0 atom stereocenters. The third-order valence-electron chi connectivity index (χ3n) is 6.82. The van der Waals surface area contributed by atoms with Gasteiger partial charge in [0.25, 0.3) is 5.91 Å². The third kappa shape index (κ3) is 9.77. The Morgan fingerprint density at radius 2 is 1.56 bits per heavy atom. The minimum atomic E-state index is -0.412. The summed E-state index contributed by atoms with van der Waals surface area (Å²) in [4.78, 5) is 24.9. The Morgan fingerprint density at radius 3 is 2.28 bits per heavy atom. The number of fused-ring (bicyclic) bond motifs is 1. The summed E-state index contributed by atoms with van der Waals surface area (Å²) in [6, 6.07) is 16.1. The van der Waals surface area contributed by atoms with E-state index in [1.807, 2.05) is 24.3 Å². The molecular weight excluding hydrogens is 512 g/mol. The number of unbranched alkanes of at least 4 members (excludes halogenated alkanes) is 9. The maximum Gasteiger partial charge on any atom is 0.255 e. The molecule has 3 N–H and O–H groups in total. The molecule has 3 aromatic carbocycles. The number of anilines is 1. The van der Waals surface area contributed by atoms with Crippen LogP contribution in [0.25, 0.3) is 10.8 Å².